The zero-order valence-electron chi connectivity index (χ0n) is 14.1. The first-order chi connectivity index (χ1) is 12.0. The van der Waals surface area contributed by atoms with Crippen molar-refractivity contribution in [2.45, 2.75) is 26.3 Å². The Morgan fingerprint density at radius 1 is 1.28 bits per heavy atom. The number of hydrogen-bond acceptors (Lipinski definition) is 5. The van der Waals surface area contributed by atoms with Crippen molar-refractivity contribution in [3.8, 4) is 5.75 Å². The third-order valence-corrected chi connectivity index (χ3v) is 3.45. The van der Waals surface area contributed by atoms with E-state index in [-0.39, 0.29) is 24.7 Å². The molecule has 1 N–H and O–H groups in total. The molecule has 2 rings (SSSR count). The summed E-state index contributed by atoms with van der Waals surface area (Å²) in [5, 5.41) is 2.70. The lowest BCUT2D eigenvalue weighted by molar-refractivity contribution is -0.121. The van der Waals surface area contributed by atoms with Crippen LogP contribution in [0.15, 0.2) is 34.7 Å². The van der Waals surface area contributed by atoms with Crippen molar-refractivity contribution in [2.75, 3.05) is 13.7 Å². The van der Waals surface area contributed by atoms with Crippen molar-refractivity contribution in [1.82, 2.24) is 5.32 Å². The molecular weight excluding hydrogens is 329 g/mol. The summed E-state index contributed by atoms with van der Waals surface area (Å²) in [5.74, 6) is 0.337. The van der Waals surface area contributed by atoms with Crippen LogP contribution in [0.4, 0.5) is 4.39 Å². The van der Waals surface area contributed by atoms with Crippen LogP contribution in [0.25, 0.3) is 0 Å². The van der Waals surface area contributed by atoms with Gasteiger partial charge in [0.2, 0.25) is 5.91 Å². The molecule has 2 aromatic rings. The number of aryl methyl sites for hydroxylation is 1. The van der Waals surface area contributed by atoms with Gasteiger partial charge in [0.1, 0.15) is 28.7 Å². The molecule has 1 heterocycles. The highest BCUT2D eigenvalue weighted by Gasteiger charge is 2.15. The average Bonchev–Trinajstić information content (AvgIpc) is 2.97. The maximum atomic E-state index is 13.0. The summed E-state index contributed by atoms with van der Waals surface area (Å²) in [4.78, 5) is 23.3. The smallest absolute Gasteiger partial charge is 0.341 e. The molecule has 7 heteroatoms. The molecule has 0 unspecified atom stereocenters. The van der Waals surface area contributed by atoms with Crippen LogP contribution < -0.4 is 10.1 Å². The van der Waals surface area contributed by atoms with Crippen molar-refractivity contribution in [1.29, 1.82) is 0 Å². The van der Waals surface area contributed by atoms with Crippen LogP contribution in [0.5, 0.6) is 5.75 Å². The molecule has 134 valence electrons. The molecule has 0 aliphatic rings. The molecule has 0 spiro atoms. The fourth-order valence-electron chi connectivity index (χ4n) is 2.20. The van der Waals surface area contributed by atoms with Crippen molar-refractivity contribution >= 4 is 11.9 Å². The SMILES string of the molecule is COC(=O)c1cc(CNC(=O)CCCOc2cccc(F)c2)oc1C. The van der Waals surface area contributed by atoms with Crippen molar-refractivity contribution in [3.63, 3.8) is 0 Å². The molecule has 0 atom stereocenters. The number of benzene rings is 1. The molecule has 0 bridgehead atoms. The maximum absolute atomic E-state index is 13.0. The molecule has 0 saturated heterocycles. The fraction of sp³-hybridized carbons (Fsp3) is 0.333. The summed E-state index contributed by atoms with van der Waals surface area (Å²) in [6.45, 7) is 2.14. The molecular formula is C18H20FNO5. The summed E-state index contributed by atoms with van der Waals surface area (Å²) in [6.07, 6.45) is 0.756. The second-order valence-corrected chi connectivity index (χ2v) is 5.36. The summed E-state index contributed by atoms with van der Waals surface area (Å²) >= 11 is 0. The Labute approximate surface area is 144 Å². The Bertz CT molecular complexity index is 741. The minimum Gasteiger partial charge on any atom is -0.493 e. The monoisotopic (exact) mass is 349 g/mol. The zero-order valence-corrected chi connectivity index (χ0v) is 14.1. The number of hydrogen-bond donors (Lipinski definition) is 1. The summed E-state index contributed by atoms with van der Waals surface area (Å²) in [7, 11) is 1.29. The Morgan fingerprint density at radius 3 is 2.80 bits per heavy atom. The van der Waals surface area contributed by atoms with Gasteiger partial charge >= 0.3 is 5.97 Å². The zero-order chi connectivity index (χ0) is 18.2. The van der Waals surface area contributed by atoms with E-state index in [2.05, 4.69) is 10.1 Å². The maximum Gasteiger partial charge on any atom is 0.341 e. The van der Waals surface area contributed by atoms with E-state index in [0.29, 0.717) is 35.9 Å². The highest BCUT2D eigenvalue weighted by molar-refractivity contribution is 5.90. The number of halogens is 1. The molecule has 0 radical (unpaired) electrons. The van der Waals surface area contributed by atoms with Gasteiger partial charge in [-0.2, -0.15) is 0 Å². The Balaban J connectivity index is 1.69. The number of nitrogens with one attached hydrogen (secondary N) is 1. The molecule has 0 saturated carbocycles. The fourth-order valence-corrected chi connectivity index (χ4v) is 2.20. The van der Waals surface area contributed by atoms with E-state index in [0.717, 1.165) is 0 Å². The van der Waals surface area contributed by atoms with Crippen molar-refractivity contribution in [2.24, 2.45) is 0 Å². The second kappa shape index (κ2) is 8.86. The van der Waals surface area contributed by atoms with Crippen molar-refractivity contribution < 1.29 is 27.9 Å². The number of carbonyl (C=O) groups excluding carboxylic acids is 2. The van der Waals surface area contributed by atoms with E-state index in [4.69, 9.17) is 9.15 Å². The minimum absolute atomic E-state index is 0.170. The van der Waals surface area contributed by atoms with Gasteiger partial charge in [-0.15, -0.1) is 0 Å². The number of furan rings is 1. The highest BCUT2D eigenvalue weighted by atomic mass is 19.1. The molecule has 1 aromatic carbocycles. The number of esters is 1. The Morgan fingerprint density at radius 2 is 2.08 bits per heavy atom. The van der Waals surface area contributed by atoms with Crippen LogP contribution in [0.2, 0.25) is 0 Å². The summed E-state index contributed by atoms with van der Waals surface area (Å²) in [6, 6.07) is 7.39. The van der Waals surface area contributed by atoms with E-state index in [1.807, 2.05) is 0 Å². The van der Waals surface area contributed by atoms with Gasteiger partial charge in [-0.05, 0) is 31.5 Å². The molecule has 0 fully saturated rings. The topological polar surface area (TPSA) is 77.8 Å². The van der Waals surface area contributed by atoms with Gasteiger partial charge in [-0.1, -0.05) is 6.07 Å². The third kappa shape index (κ3) is 5.63. The molecule has 0 aliphatic heterocycles. The van der Waals surface area contributed by atoms with E-state index in [9.17, 15) is 14.0 Å². The summed E-state index contributed by atoms with van der Waals surface area (Å²) in [5.41, 5.74) is 0.343. The first-order valence-corrected chi connectivity index (χ1v) is 7.82. The molecule has 6 nitrogen and oxygen atoms in total. The lowest BCUT2D eigenvalue weighted by Crippen LogP contribution is -2.22. The van der Waals surface area contributed by atoms with Gasteiger partial charge in [-0.3, -0.25) is 4.79 Å². The number of ether oxygens (including phenoxy) is 2. The average molecular weight is 349 g/mol. The molecule has 1 amide bonds. The molecule has 0 aliphatic carbocycles. The van der Waals surface area contributed by atoms with Crippen LogP contribution in [0, 0.1) is 12.7 Å². The predicted octanol–water partition coefficient (Wildman–Crippen LogP) is 2.99. The van der Waals surface area contributed by atoms with E-state index in [1.165, 1.54) is 19.2 Å². The third-order valence-electron chi connectivity index (χ3n) is 3.45. The van der Waals surface area contributed by atoms with Gasteiger partial charge in [0.25, 0.3) is 0 Å². The summed E-state index contributed by atoms with van der Waals surface area (Å²) < 4.78 is 28.4. The van der Waals surface area contributed by atoms with Crippen LogP contribution in [-0.2, 0) is 16.1 Å². The molecule has 25 heavy (non-hydrogen) atoms. The number of methoxy groups -OCH3 is 1. The predicted molar refractivity (Wildman–Crippen MR) is 87.8 cm³/mol. The number of carbonyl (C=O) groups is 2. The first-order valence-electron chi connectivity index (χ1n) is 7.82. The van der Waals surface area contributed by atoms with Crippen LogP contribution >= 0.6 is 0 Å². The standard InChI is InChI=1S/C18H20FNO5/c1-12-16(18(22)23-2)10-15(25-12)11-20-17(21)7-4-8-24-14-6-3-5-13(19)9-14/h3,5-6,9-10H,4,7-8,11H2,1-2H3,(H,20,21). The van der Waals surface area contributed by atoms with Gasteiger partial charge in [-0.25, -0.2) is 9.18 Å². The Hall–Kier alpha value is -2.83. The van der Waals surface area contributed by atoms with Gasteiger partial charge < -0.3 is 19.2 Å². The van der Waals surface area contributed by atoms with E-state index in [1.54, 1.807) is 25.1 Å². The van der Waals surface area contributed by atoms with Crippen LogP contribution in [-0.4, -0.2) is 25.6 Å². The lowest BCUT2D eigenvalue weighted by atomic mass is 10.2. The largest absolute Gasteiger partial charge is 0.493 e. The normalized spacial score (nSPS) is 10.4. The van der Waals surface area contributed by atoms with E-state index < -0.39 is 5.97 Å². The number of rotatable bonds is 8. The minimum atomic E-state index is -0.478. The highest BCUT2D eigenvalue weighted by Crippen LogP contribution is 2.15. The molecule has 1 aromatic heterocycles. The van der Waals surface area contributed by atoms with Crippen molar-refractivity contribution in [3.05, 3.63) is 53.2 Å². The number of amides is 1. The first kappa shape index (κ1) is 18.5. The Kier molecular flexibility index (Phi) is 6.56. The second-order valence-electron chi connectivity index (χ2n) is 5.36. The quantitative estimate of drug-likeness (QED) is 0.585. The lowest BCUT2D eigenvalue weighted by Gasteiger charge is -2.06. The van der Waals surface area contributed by atoms with Crippen LogP contribution in [0.1, 0.15) is 34.7 Å². The van der Waals surface area contributed by atoms with E-state index >= 15 is 0 Å². The van der Waals surface area contributed by atoms with Gasteiger partial charge in [0.05, 0.1) is 20.3 Å². The van der Waals surface area contributed by atoms with Gasteiger partial charge in [0, 0.05) is 12.5 Å². The van der Waals surface area contributed by atoms with Crippen LogP contribution in [0.3, 0.4) is 0 Å². The van der Waals surface area contributed by atoms with Gasteiger partial charge in [0.15, 0.2) is 0 Å².